The Balaban J connectivity index is 1.51. The van der Waals surface area contributed by atoms with E-state index in [0.717, 1.165) is 51.4 Å². The average Bonchev–Trinajstić information content (AvgIpc) is 3.72. The van der Waals surface area contributed by atoms with E-state index in [1.54, 1.807) is 4.90 Å². The molecule has 1 unspecified atom stereocenters. The van der Waals surface area contributed by atoms with Crippen molar-refractivity contribution in [3.8, 4) is 0 Å². The highest BCUT2D eigenvalue weighted by Crippen LogP contribution is 2.65. The summed E-state index contributed by atoms with van der Waals surface area (Å²) < 4.78 is 0. The second-order valence-electron chi connectivity index (χ2n) is 14.7. The fourth-order valence-electron chi connectivity index (χ4n) is 7.05. The average molecular weight is 560 g/mol. The Morgan fingerprint density at radius 2 is 1.55 bits per heavy atom. The first-order chi connectivity index (χ1) is 18.5. The van der Waals surface area contributed by atoms with Gasteiger partial charge < -0.3 is 26.6 Å². The molecule has 4 aliphatic rings. The summed E-state index contributed by atoms with van der Waals surface area (Å²) in [5, 5.41) is 8.89. The molecule has 3 saturated carbocycles. The molecule has 5 atom stereocenters. The molecule has 1 saturated heterocycles. The zero-order chi connectivity index (χ0) is 29.6. The lowest BCUT2D eigenvalue weighted by atomic mass is 9.85. The maximum Gasteiger partial charge on any atom is 0.315 e. The molecule has 0 bridgehead atoms. The van der Waals surface area contributed by atoms with Gasteiger partial charge in [0, 0.05) is 12.1 Å². The standard InChI is InChI=1S/C30H49N5O5/c1-28(2,3)23(33-27(40)34-30(6)13-9-7-8-10-14-30)26(39)35-16-18-20(29(18,4)5)21(35)25(38)32-19(15-17-11-12-17)22(36)24(31)37/h17-21,23H,7-16H2,1-6H3,(H2,31,37)(H,32,38)(H2,33,34,40)/t18-,19?,20-,21-,23+/m0/s1. The van der Waals surface area contributed by atoms with Crippen molar-refractivity contribution >= 4 is 29.5 Å². The molecule has 0 aromatic rings. The van der Waals surface area contributed by atoms with Crippen LogP contribution in [0, 0.1) is 28.6 Å². The third-order valence-electron chi connectivity index (χ3n) is 9.91. The Morgan fingerprint density at radius 1 is 0.950 bits per heavy atom. The molecule has 10 heteroatoms. The van der Waals surface area contributed by atoms with E-state index in [9.17, 15) is 24.0 Å². The number of nitrogens with two attached hydrogens (primary N) is 1. The van der Waals surface area contributed by atoms with Gasteiger partial charge in [-0.3, -0.25) is 19.2 Å². The highest BCUT2D eigenvalue weighted by Gasteiger charge is 2.70. The van der Waals surface area contributed by atoms with Crippen molar-refractivity contribution in [3.05, 3.63) is 0 Å². The third kappa shape index (κ3) is 6.46. The second kappa shape index (κ2) is 11.0. The van der Waals surface area contributed by atoms with Gasteiger partial charge in [0.2, 0.25) is 17.6 Å². The second-order valence-corrected chi connectivity index (χ2v) is 14.7. The molecule has 0 spiro atoms. The molecular weight excluding hydrogens is 510 g/mol. The Kier molecular flexibility index (Phi) is 8.31. The van der Waals surface area contributed by atoms with E-state index < -0.39 is 41.1 Å². The van der Waals surface area contributed by atoms with Crippen LogP contribution in [0.5, 0.6) is 0 Å². The summed E-state index contributed by atoms with van der Waals surface area (Å²) in [5.74, 6) is -2.27. The Morgan fingerprint density at radius 3 is 2.08 bits per heavy atom. The van der Waals surface area contributed by atoms with Crippen LogP contribution in [0.25, 0.3) is 0 Å². The van der Waals surface area contributed by atoms with E-state index >= 15 is 0 Å². The lowest BCUT2D eigenvalue weighted by Gasteiger charge is -2.38. The highest BCUT2D eigenvalue weighted by molar-refractivity contribution is 6.37. The lowest BCUT2D eigenvalue weighted by Crippen LogP contribution is -2.62. The Bertz CT molecular complexity index is 1040. The summed E-state index contributed by atoms with van der Waals surface area (Å²) >= 11 is 0. The van der Waals surface area contributed by atoms with Crippen LogP contribution in [0.4, 0.5) is 4.79 Å². The molecule has 3 aliphatic carbocycles. The van der Waals surface area contributed by atoms with Gasteiger partial charge in [0.15, 0.2) is 0 Å². The van der Waals surface area contributed by atoms with Crippen molar-refractivity contribution in [2.45, 2.75) is 123 Å². The number of piperidine rings is 1. The number of fused-ring (bicyclic) bond motifs is 1. The van der Waals surface area contributed by atoms with E-state index in [-0.39, 0.29) is 40.6 Å². The molecule has 10 nitrogen and oxygen atoms in total. The first kappa shape index (κ1) is 30.3. The van der Waals surface area contributed by atoms with E-state index in [1.807, 2.05) is 20.8 Å². The number of carbonyl (C=O) groups excluding carboxylic acids is 5. The number of Topliss-reactive ketones (excluding diaryl/α,β-unsaturated/α-hetero) is 1. The van der Waals surface area contributed by atoms with Gasteiger partial charge in [0.25, 0.3) is 5.91 Å². The normalized spacial score (nSPS) is 28.4. The van der Waals surface area contributed by atoms with Gasteiger partial charge >= 0.3 is 6.03 Å². The fourth-order valence-corrected chi connectivity index (χ4v) is 7.05. The summed E-state index contributed by atoms with van der Waals surface area (Å²) in [7, 11) is 0. The van der Waals surface area contributed by atoms with Crippen molar-refractivity contribution in [2.75, 3.05) is 6.54 Å². The number of hydrogen-bond donors (Lipinski definition) is 4. The monoisotopic (exact) mass is 559 g/mol. The molecule has 40 heavy (non-hydrogen) atoms. The zero-order valence-corrected chi connectivity index (χ0v) is 25.1. The third-order valence-corrected chi connectivity index (χ3v) is 9.91. The molecule has 4 rings (SSSR count). The predicted molar refractivity (Wildman–Crippen MR) is 151 cm³/mol. The van der Waals surface area contributed by atoms with Gasteiger partial charge in [-0.15, -0.1) is 0 Å². The summed E-state index contributed by atoms with van der Waals surface area (Å²) in [4.78, 5) is 66.9. The quantitative estimate of drug-likeness (QED) is 0.253. The number of rotatable bonds is 9. The maximum atomic E-state index is 14.1. The van der Waals surface area contributed by atoms with Gasteiger partial charge in [0.1, 0.15) is 12.1 Å². The Hall–Kier alpha value is -2.65. The van der Waals surface area contributed by atoms with E-state index in [2.05, 4.69) is 36.7 Å². The molecule has 0 aromatic carbocycles. The number of carbonyl (C=O) groups is 5. The Labute approximate surface area is 238 Å². The number of nitrogens with zero attached hydrogens (tertiary/aromatic N) is 1. The van der Waals surface area contributed by atoms with Crippen molar-refractivity contribution in [3.63, 3.8) is 0 Å². The van der Waals surface area contributed by atoms with Crippen molar-refractivity contribution in [1.82, 2.24) is 20.9 Å². The summed E-state index contributed by atoms with van der Waals surface area (Å²) in [6, 6.07) is -3.01. The van der Waals surface area contributed by atoms with E-state index in [0.29, 0.717) is 13.0 Å². The highest BCUT2D eigenvalue weighted by atomic mass is 16.2. The van der Waals surface area contributed by atoms with E-state index in [4.69, 9.17) is 5.73 Å². The number of amides is 5. The summed E-state index contributed by atoms with van der Waals surface area (Å²) in [6.45, 7) is 12.3. The van der Waals surface area contributed by atoms with Crippen LogP contribution in [0.15, 0.2) is 0 Å². The minimum atomic E-state index is -1.07. The lowest BCUT2D eigenvalue weighted by molar-refractivity contribution is -0.145. The number of urea groups is 1. The zero-order valence-electron chi connectivity index (χ0n) is 25.1. The SMILES string of the molecule is CC1(NC(=O)N[C@H](C(=O)N2C[C@H]3[C@@H]([C@H]2C(=O)NC(CC2CC2)C(=O)C(N)=O)C3(C)C)C(C)(C)C)CCCCCC1. The van der Waals surface area contributed by atoms with Gasteiger partial charge in [-0.1, -0.05) is 73.1 Å². The molecule has 1 aliphatic heterocycles. The first-order valence-electron chi connectivity index (χ1n) is 15.1. The molecule has 224 valence electrons. The molecule has 5 N–H and O–H groups in total. The molecule has 4 fully saturated rings. The van der Waals surface area contributed by atoms with Crippen LogP contribution in [0.3, 0.4) is 0 Å². The van der Waals surface area contributed by atoms with Gasteiger partial charge in [-0.2, -0.15) is 0 Å². The van der Waals surface area contributed by atoms with Gasteiger partial charge in [-0.25, -0.2) is 4.79 Å². The largest absolute Gasteiger partial charge is 0.363 e. The van der Waals surface area contributed by atoms with Crippen LogP contribution >= 0.6 is 0 Å². The van der Waals surface area contributed by atoms with Crippen LogP contribution < -0.4 is 21.7 Å². The van der Waals surface area contributed by atoms with Crippen molar-refractivity contribution < 1.29 is 24.0 Å². The minimum absolute atomic E-state index is 0.0685. The van der Waals surface area contributed by atoms with Gasteiger partial charge in [0.05, 0.1) is 6.04 Å². The molecular formula is C30H49N5O5. The number of primary amides is 1. The topological polar surface area (TPSA) is 151 Å². The smallest absolute Gasteiger partial charge is 0.315 e. The van der Waals surface area contributed by atoms with Crippen LogP contribution in [0.1, 0.15) is 99.3 Å². The fraction of sp³-hybridized carbons (Fsp3) is 0.833. The van der Waals surface area contributed by atoms with Gasteiger partial charge in [-0.05, 0) is 54.8 Å². The molecule has 5 amide bonds. The van der Waals surface area contributed by atoms with Crippen molar-refractivity contribution in [1.29, 1.82) is 0 Å². The predicted octanol–water partition coefficient (Wildman–Crippen LogP) is 2.64. The number of hydrogen-bond acceptors (Lipinski definition) is 5. The maximum absolute atomic E-state index is 14.1. The van der Waals surface area contributed by atoms with E-state index in [1.165, 1.54) is 0 Å². The summed E-state index contributed by atoms with van der Waals surface area (Å²) in [6.07, 6.45) is 8.49. The first-order valence-corrected chi connectivity index (χ1v) is 15.1. The molecule has 0 radical (unpaired) electrons. The molecule has 1 heterocycles. The number of nitrogens with one attached hydrogen (secondary N) is 3. The molecule has 0 aromatic heterocycles. The number of likely N-dealkylation sites (tertiary alicyclic amines) is 1. The van der Waals surface area contributed by atoms with Crippen LogP contribution in [0.2, 0.25) is 0 Å². The number of ketones is 1. The van der Waals surface area contributed by atoms with Crippen LogP contribution in [-0.4, -0.2) is 64.6 Å². The van der Waals surface area contributed by atoms with Crippen molar-refractivity contribution in [2.24, 2.45) is 34.3 Å². The van der Waals surface area contributed by atoms with Crippen LogP contribution in [-0.2, 0) is 19.2 Å². The summed E-state index contributed by atoms with van der Waals surface area (Å²) in [5.41, 5.74) is 4.22. The minimum Gasteiger partial charge on any atom is -0.363 e.